The lowest BCUT2D eigenvalue weighted by molar-refractivity contribution is -0.143. The molecule has 2 aliphatic rings. The maximum absolute atomic E-state index is 12.7. The van der Waals surface area contributed by atoms with Crippen LogP contribution >= 0.6 is 0 Å². The highest BCUT2D eigenvalue weighted by molar-refractivity contribution is 5.89. The zero-order valence-corrected chi connectivity index (χ0v) is 13.5. The van der Waals surface area contributed by atoms with Crippen molar-refractivity contribution in [2.75, 3.05) is 26.2 Å². The lowest BCUT2D eigenvalue weighted by Gasteiger charge is -2.34. The predicted molar refractivity (Wildman–Crippen MR) is 84.4 cm³/mol. The Kier molecular flexibility index (Phi) is 4.91. The minimum atomic E-state index is -0.234. The molecule has 1 aromatic rings. The summed E-state index contributed by atoms with van der Waals surface area (Å²) in [7, 11) is 0. The number of hydrogen-bond donors (Lipinski definition) is 0. The van der Waals surface area contributed by atoms with Gasteiger partial charge >= 0.3 is 0 Å². The summed E-state index contributed by atoms with van der Waals surface area (Å²) in [6.45, 7) is 4.88. The lowest BCUT2D eigenvalue weighted by atomic mass is 10.1. The highest BCUT2D eigenvalue weighted by Gasteiger charge is 2.37. The molecule has 0 saturated carbocycles. The number of likely N-dealkylation sites (tertiary alicyclic amines) is 1. The van der Waals surface area contributed by atoms with Crippen molar-refractivity contribution in [3.8, 4) is 0 Å². The summed E-state index contributed by atoms with van der Waals surface area (Å²) in [6, 6.07) is 5.66. The standard InChI is InChI=1S/C17H23N3O3/c1-2-15-12-19(7-8-23-15)17(22)13-9-16(21)20(10-13)11-14-5-3-4-6-18-14/h3-6,13,15H,2,7-12H2,1H3/t13-,15-/m1/s1. The molecule has 124 valence electrons. The van der Waals surface area contributed by atoms with Crippen molar-refractivity contribution in [3.05, 3.63) is 30.1 Å². The molecule has 2 amide bonds. The van der Waals surface area contributed by atoms with Gasteiger partial charge in [-0.3, -0.25) is 14.6 Å². The molecule has 2 aliphatic heterocycles. The molecule has 0 radical (unpaired) electrons. The molecule has 0 aliphatic carbocycles. The largest absolute Gasteiger partial charge is 0.375 e. The topological polar surface area (TPSA) is 62.7 Å². The first kappa shape index (κ1) is 15.9. The van der Waals surface area contributed by atoms with Crippen molar-refractivity contribution >= 4 is 11.8 Å². The van der Waals surface area contributed by atoms with Crippen LogP contribution in [0.15, 0.2) is 24.4 Å². The van der Waals surface area contributed by atoms with Crippen LogP contribution in [0.25, 0.3) is 0 Å². The van der Waals surface area contributed by atoms with E-state index in [4.69, 9.17) is 4.74 Å². The summed E-state index contributed by atoms with van der Waals surface area (Å²) < 4.78 is 5.61. The summed E-state index contributed by atoms with van der Waals surface area (Å²) in [5.41, 5.74) is 0.853. The number of aromatic nitrogens is 1. The molecule has 0 spiro atoms. The summed E-state index contributed by atoms with van der Waals surface area (Å²) in [4.78, 5) is 32.7. The molecule has 1 aromatic heterocycles. The average Bonchev–Trinajstić information content (AvgIpc) is 2.96. The smallest absolute Gasteiger partial charge is 0.228 e. The van der Waals surface area contributed by atoms with Crippen molar-refractivity contribution in [2.45, 2.75) is 32.4 Å². The first-order chi connectivity index (χ1) is 11.2. The monoisotopic (exact) mass is 317 g/mol. The van der Waals surface area contributed by atoms with Crippen molar-refractivity contribution in [3.63, 3.8) is 0 Å². The van der Waals surface area contributed by atoms with Gasteiger partial charge in [0.15, 0.2) is 0 Å². The van der Waals surface area contributed by atoms with E-state index in [1.54, 1.807) is 11.1 Å². The minimum absolute atomic E-state index is 0.0364. The van der Waals surface area contributed by atoms with Crippen LogP contribution in [-0.4, -0.2) is 58.9 Å². The normalized spacial score (nSPS) is 25.0. The predicted octanol–water partition coefficient (Wildman–Crippen LogP) is 1.07. The first-order valence-corrected chi connectivity index (χ1v) is 8.25. The maximum atomic E-state index is 12.7. The summed E-state index contributed by atoms with van der Waals surface area (Å²) in [5, 5.41) is 0. The Hall–Kier alpha value is -1.95. The molecule has 23 heavy (non-hydrogen) atoms. The number of carbonyl (C=O) groups is 2. The van der Waals surface area contributed by atoms with Crippen molar-refractivity contribution in [1.29, 1.82) is 0 Å². The number of hydrogen-bond acceptors (Lipinski definition) is 4. The van der Waals surface area contributed by atoms with Crippen LogP contribution in [0.1, 0.15) is 25.5 Å². The van der Waals surface area contributed by atoms with E-state index in [1.807, 2.05) is 23.1 Å². The van der Waals surface area contributed by atoms with Crippen LogP contribution in [-0.2, 0) is 20.9 Å². The fraction of sp³-hybridized carbons (Fsp3) is 0.588. The number of rotatable bonds is 4. The van der Waals surface area contributed by atoms with Gasteiger partial charge in [-0.15, -0.1) is 0 Å². The van der Waals surface area contributed by atoms with E-state index in [2.05, 4.69) is 11.9 Å². The van der Waals surface area contributed by atoms with Gasteiger partial charge in [0.05, 0.1) is 30.9 Å². The third kappa shape index (κ3) is 3.69. The Bertz CT molecular complexity index is 563. The lowest BCUT2D eigenvalue weighted by Crippen LogP contribution is -2.48. The van der Waals surface area contributed by atoms with Gasteiger partial charge in [0, 0.05) is 32.3 Å². The first-order valence-electron chi connectivity index (χ1n) is 8.25. The van der Waals surface area contributed by atoms with Gasteiger partial charge in [0.2, 0.25) is 11.8 Å². The van der Waals surface area contributed by atoms with Gasteiger partial charge in [-0.05, 0) is 18.6 Å². The number of ether oxygens (including phenoxy) is 1. The van der Waals surface area contributed by atoms with E-state index in [9.17, 15) is 9.59 Å². The molecule has 0 unspecified atom stereocenters. The Morgan fingerprint density at radius 1 is 1.39 bits per heavy atom. The van der Waals surface area contributed by atoms with Crippen LogP contribution in [0.4, 0.5) is 0 Å². The summed E-state index contributed by atoms with van der Waals surface area (Å²) in [5.74, 6) is -0.111. The fourth-order valence-corrected chi connectivity index (χ4v) is 3.20. The van der Waals surface area contributed by atoms with Gasteiger partial charge in [0.1, 0.15) is 0 Å². The van der Waals surface area contributed by atoms with Gasteiger partial charge in [-0.2, -0.15) is 0 Å². The molecule has 6 nitrogen and oxygen atoms in total. The SMILES string of the molecule is CC[C@@H]1CN(C(=O)[C@@H]2CC(=O)N(Cc3ccccn3)C2)CCO1. The van der Waals surface area contributed by atoms with E-state index in [-0.39, 0.29) is 23.8 Å². The van der Waals surface area contributed by atoms with Crippen molar-refractivity contribution < 1.29 is 14.3 Å². The molecule has 2 atom stereocenters. The molecule has 0 N–H and O–H groups in total. The molecular formula is C17H23N3O3. The molecule has 3 rings (SSSR count). The molecule has 2 saturated heterocycles. The van der Waals surface area contributed by atoms with Crippen LogP contribution in [0, 0.1) is 5.92 Å². The van der Waals surface area contributed by atoms with Crippen molar-refractivity contribution in [2.24, 2.45) is 5.92 Å². The molecule has 2 fully saturated rings. The highest BCUT2D eigenvalue weighted by atomic mass is 16.5. The van der Waals surface area contributed by atoms with Gasteiger partial charge in [-0.1, -0.05) is 13.0 Å². The van der Waals surface area contributed by atoms with Gasteiger partial charge in [0.25, 0.3) is 0 Å². The number of carbonyl (C=O) groups excluding carboxylic acids is 2. The van der Waals surface area contributed by atoms with E-state index >= 15 is 0 Å². The number of pyridine rings is 1. The fourth-order valence-electron chi connectivity index (χ4n) is 3.20. The van der Waals surface area contributed by atoms with E-state index in [1.165, 1.54) is 0 Å². The molecular weight excluding hydrogens is 294 g/mol. The number of morpholine rings is 1. The Labute approximate surface area is 136 Å². The Morgan fingerprint density at radius 2 is 2.26 bits per heavy atom. The van der Waals surface area contributed by atoms with Crippen LogP contribution in [0.2, 0.25) is 0 Å². The zero-order chi connectivity index (χ0) is 16.2. The van der Waals surface area contributed by atoms with Crippen LogP contribution in [0.5, 0.6) is 0 Å². The third-order valence-corrected chi connectivity index (χ3v) is 4.55. The highest BCUT2D eigenvalue weighted by Crippen LogP contribution is 2.23. The molecule has 0 aromatic carbocycles. The Morgan fingerprint density at radius 3 is 3.00 bits per heavy atom. The second-order valence-electron chi connectivity index (χ2n) is 6.18. The number of nitrogens with zero attached hydrogens (tertiary/aromatic N) is 3. The summed E-state index contributed by atoms with van der Waals surface area (Å²) >= 11 is 0. The Balaban J connectivity index is 1.59. The van der Waals surface area contributed by atoms with Crippen LogP contribution < -0.4 is 0 Å². The third-order valence-electron chi connectivity index (χ3n) is 4.55. The minimum Gasteiger partial charge on any atom is -0.375 e. The molecule has 0 bridgehead atoms. The maximum Gasteiger partial charge on any atom is 0.228 e. The van der Waals surface area contributed by atoms with Crippen LogP contribution in [0.3, 0.4) is 0 Å². The van der Waals surface area contributed by atoms with E-state index in [0.717, 1.165) is 12.1 Å². The zero-order valence-electron chi connectivity index (χ0n) is 13.5. The molecule has 3 heterocycles. The second kappa shape index (κ2) is 7.08. The average molecular weight is 317 g/mol. The van der Waals surface area contributed by atoms with Gasteiger partial charge in [-0.25, -0.2) is 0 Å². The quantitative estimate of drug-likeness (QED) is 0.833. The van der Waals surface area contributed by atoms with Crippen molar-refractivity contribution in [1.82, 2.24) is 14.8 Å². The van der Waals surface area contributed by atoms with E-state index < -0.39 is 0 Å². The second-order valence-corrected chi connectivity index (χ2v) is 6.18. The van der Waals surface area contributed by atoms with Gasteiger partial charge < -0.3 is 14.5 Å². The summed E-state index contributed by atoms with van der Waals surface area (Å²) in [6.07, 6.45) is 3.05. The molecule has 6 heteroatoms. The number of amides is 2. The van der Waals surface area contributed by atoms with E-state index in [0.29, 0.717) is 39.2 Å².